The van der Waals surface area contributed by atoms with Crippen LogP contribution in [-0.2, 0) is 6.42 Å². The second-order valence-electron chi connectivity index (χ2n) is 5.12. The Balaban J connectivity index is 2.10. The van der Waals surface area contributed by atoms with Crippen LogP contribution in [0.15, 0.2) is 54.7 Å². The van der Waals surface area contributed by atoms with E-state index in [1.54, 1.807) is 7.11 Å². The molecule has 0 saturated heterocycles. The molecule has 3 rings (SSSR count). The molecule has 0 bridgehead atoms. The van der Waals surface area contributed by atoms with E-state index >= 15 is 0 Å². The van der Waals surface area contributed by atoms with E-state index in [4.69, 9.17) is 10.5 Å². The molecule has 0 aliphatic carbocycles. The molecule has 3 aromatic rings. The van der Waals surface area contributed by atoms with Gasteiger partial charge in [-0.1, -0.05) is 18.2 Å². The van der Waals surface area contributed by atoms with Gasteiger partial charge in [0.1, 0.15) is 5.75 Å². The minimum Gasteiger partial charge on any atom is -0.497 e. The summed E-state index contributed by atoms with van der Waals surface area (Å²) in [7, 11) is 1.69. The van der Waals surface area contributed by atoms with Gasteiger partial charge in [-0.25, -0.2) is 0 Å². The summed E-state index contributed by atoms with van der Waals surface area (Å²) in [6, 6.07) is 16.7. The maximum absolute atomic E-state index is 5.69. The maximum atomic E-state index is 5.69. The molecule has 0 saturated carbocycles. The molecule has 0 spiro atoms. The van der Waals surface area contributed by atoms with Gasteiger partial charge >= 0.3 is 0 Å². The predicted molar refractivity (Wildman–Crippen MR) is 86.8 cm³/mol. The smallest absolute Gasteiger partial charge is 0.118 e. The molecule has 2 aromatic heterocycles. The lowest BCUT2D eigenvalue weighted by Crippen LogP contribution is -2.03. The first-order valence-corrected chi connectivity index (χ1v) is 7.27. The first kappa shape index (κ1) is 13.7. The number of methoxy groups -OCH3 is 1. The Hall–Kier alpha value is -2.26. The van der Waals surface area contributed by atoms with Crippen molar-refractivity contribution in [2.45, 2.75) is 12.8 Å². The average molecular weight is 280 g/mol. The van der Waals surface area contributed by atoms with E-state index in [2.05, 4.69) is 47.0 Å². The Bertz CT molecular complexity index is 729. The van der Waals surface area contributed by atoms with Gasteiger partial charge in [-0.15, -0.1) is 0 Å². The number of nitrogens with two attached hydrogens (primary N) is 1. The van der Waals surface area contributed by atoms with Crippen molar-refractivity contribution in [3.8, 4) is 16.9 Å². The fourth-order valence-corrected chi connectivity index (χ4v) is 2.73. The molecule has 3 nitrogen and oxygen atoms in total. The van der Waals surface area contributed by atoms with Gasteiger partial charge in [-0.2, -0.15) is 0 Å². The highest BCUT2D eigenvalue weighted by molar-refractivity contribution is 5.74. The van der Waals surface area contributed by atoms with E-state index in [0.717, 1.165) is 18.6 Å². The lowest BCUT2D eigenvalue weighted by Gasteiger charge is -2.07. The van der Waals surface area contributed by atoms with Crippen molar-refractivity contribution in [3.05, 3.63) is 60.4 Å². The molecule has 0 unspecified atom stereocenters. The van der Waals surface area contributed by atoms with Crippen LogP contribution in [0.4, 0.5) is 0 Å². The van der Waals surface area contributed by atoms with Crippen LogP contribution in [0.1, 0.15) is 12.1 Å². The quantitative estimate of drug-likeness (QED) is 0.777. The van der Waals surface area contributed by atoms with Crippen molar-refractivity contribution >= 4 is 5.52 Å². The molecular weight excluding hydrogens is 260 g/mol. The summed E-state index contributed by atoms with van der Waals surface area (Å²) in [5, 5.41) is 0. The highest BCUT2D eigenvalue weighted by Gasteiger charge is 2.11. The number of fused-ring (bicyclic) bond motifs is 1. The molecule has 3 heteroatoms. The van der Waals surface area contributed by atoms with E-state index in [-0.39, 0.29) is 0 Å². The van der Waals surface area contributed by atoms with Gasteiger partial charge in [0.05, 0.1) is 7.11 Å². The SMILES string of the molecule is COc1ccc(-c2cc3ccccn3c2CCCN)cc1. The van der Waals surface area contributed by atoms with Crippen LogP contribution in [0.25, 0.3) is 16.6 Å². The fraction of sp³-hybridized carbons (Fsp3) is 0.222. The zero-order valence-corrected chi connectivity index (χ0v) is 12.3. The third kappa shape index (κ3) is 2.65. The maximum Gasteiger partial charge on any atom is 0.118 e. The van der Waals surface area contributed by atoms with E-state index in [0.29, 0.717) is 6.54 Å². The Morgan fingerprint density at radius 1 is 1.10 bits per heavy atom. The molecule has 21 heavy (non-hydrogen) atoms. The Kier molecular flexibility index (Phi) is 3.93. The first-order chi connectivity index (χ1) is 10.3. The summed E-state index contributed by atoms with van der Waals surface area (Å²) < 4.78 is 7.50. The molecule has 0 amide bonds. The van der Waals surface area contributed by atoms with Crippen molar-refractivity contribution in [1.29, 1.82) is 0 Å². The van der Waals surface area contributed by atoms with Crippen LogP contribution in [-0.4, -0.2) is 18.1 Å². The number of ether oxygens (including phenoxy) is 1. The van der Waals surface area contributed by atoms with Gasteiger partial charge in [0, 0.05) is 23.0 Å². The fourth-order valence-electron chi connectivity index (χ4n) is 2.73. The number of aryl methyl sites for hydroxylation is 1. The lowest BCUT2D eigenvalue weighted by molar-refractivity contribution is 0.415. The summed E-state index contributed by atoms with van der Waals surface area (Å²) in [6.45, 7) is 0.710. The van der Waals surface area contributed by atoms with Gasteiger partial charge in [0.15, 0.2) is 0 Å². The van der Waals surface area contributed by atoms with Gasteiger partial charge < -0.3 is 14.9 Å². The summed E-state index contributed by atoms with van der Waals surface area (Å²) in [5.74, 6) is 0.881. The highest BCUT2D eigenvalue weighted by Crippen LogP contribution is 2.30. The van der Waals surface area contributed by atoms with E-state index in [1.807, 2.05) is 12.1 Å². The lowest BCUT2D eigenvalue weighted by atomic mass is 10.0. The molecule has 2 heterocycles. The Morgan fingerprint density at radius 2 is 1.90 bits per heavy atom. The Morgan fingerprint density at radius 3 is 2.62 bits per heavy atom. The van der Waals surface area contributed by atoms with Crippen LogP contribution in [0.3, 0.4) is 0 Å². The third-order valence-corrected chi connectivity index (χ3v) is 3.80. The topological polar surface area (TPSA) is 39.7 Å². The highest BCUT2D eigenvalue weighted by atomic mass is 16.5. The summed E-state index contributed by atoms with van der Waals surface area (Å²) in [6.07, 6.45) is 4.09. The number of benzene rings is 1. The zero-order valence-electron chi connectivity index (χ0n) is 12.3. The number of aromatic nitrogens is 1. The van der Waals surface area contributed by atoms with Crippen molar-refractivity contribution < 1.29 is 4.74 Å². The number of pyridine rings is 1. The molecule has 0 atom stereocenters. The van der Waals surface area contributed by atoms with Crippen LogP contribution >= 0.6 is 0 Å². The van der Waals surface area contributed by atoms with Crippen LogP contribution in [0.5, 0.6) is 5.75 Å². The molecule has 0 radical (unpaired) electrons. The van der Waals surface area contributed by atoms with Gasteiger partial charge in [0.2, 0.25) is 0 Å². The molecule has 0 fully saturated rings. The van der Waals surface area contributed by atoms with Crippen molar-refractivity contribution in [1.82, 2.24) is 4.40 Å². The van der Waals surface area contributed by atoms with Crippen LogP contribution in [0.2, 0.25) is 0 Å². The van der Waals surface area contributed by atoms with Crippen LogP contribution < -0.4 is 10.5 Å². The normalized spacial score (nSPS) is 11.0. The molecule has 1 aromatic carbocycles. The Labute approximate surface area is 125 Å². The van der Waals surface area contributed by atoms with Gasteiger partial charge in [-0.05, 0) is 55.3 Å². The van der Waals surface area contributed by atoms with E-state index < -0.39 is 0 Å². The minimum absolute atomic E-state index is 0.710. The molecule has 108 valence electrons. The van der Waals surface area contributed by atoms with Gasteiger partial charge in [0.25, 0.3) is 0 Å². The molecule has 2 N–H and O–H groups in total. The summed E-state index contributed by atoms with van der Waals surface area (Å²) >= 11 is 0. The zero-order chi connectivity index (χ0) is 14.7. The molecule has 0 aliphatic heterocycles. The largest absolute Gasteiger partial charge is 0.497 e. The van der Waals surface area contributed by atoms with Crippen molar-refractivity contribution in [2.24, 2.45) is 5.73 Å². The standard InChI is InChI=1S/C18H20N2O/c1-21-16-9-7-14(8-10-16)17-13-15-5-2-3-12-20(15)18(17)6-4-11-19/h2-3,5,7-10,12-13H,4,6,11,19H2,1H3. The molecule has 0 aliphatic rings. The number of rotatable bonds is 5. The van der Waals surface area contributed by atoms with Crippen molar-refractivity contribution in [2.75, 3.05) is 13.7 Å². The summed E-state index contributed by atoms with van der Waals surface area (Å²) in [5.41, 5.74) is 10.7. The second kappa shape index (κ2) is 6.02. The monoisotopic (exact) mass is 280 g/mol. The molecular formula is C18H20N2O. The number of hydrogen-bond acceptors (Lipinski definition) is 2. The first-order valence-electron chi connectivity index (χ1n) is 7.27. The summed E-state index contributed by atoms with van der Waals surface area (Å²) in [4.78, 5) is 0. The second-order valence-corrected chi connectivity index (χ2v) is 5.12. The average Bonchev–Trinajstić information content (AvgIpc) is 2.91. The van der Waals surface area contributed by atoms with Gasteiger partial charge in [-0.3, -0.25) is 0 Å². The van der Waals surface area contributed by atoms with Crippen molar-refractivity contribution in [3.63, 3.8) is 0 Å². The number of nitrogens with zero attached hydrogens (tertiary/aromatic N) is 1. The number of hydrogen-bond donors (Lipinski definition) is 1. The van der Waals surface area contributed by atoms with E-state index in [9.17, 15) is 0 Å². The van der Waals surface area contributed by atoms with E-state index in [1.165, 1.54) is 22.3 Å². The third-order valence-electron chi connectivity index (χ3n) is 3.80. The predicted octanol–water partition coefficient (Wildman–Crippen LogP) is 3.51. The van der Waals surface area contributed by atoms with Crippen LogP contribution in [0, 0.1) is 0 Å². The minimum atomic E-state index is 0.710.